The number of fused-ring (bicyclic) bond motifs is 1. The monoisotopic (exact) mass is 342 g/mol. The van der Waals surface area contributed by atoms with Crippen LogP contribution < -0.4 is 10.6 Å². The third kappa shape index (κ3) is 2.70. The molecule has 2 aromatic heterocycles. The quantitative estimate of drug-likeness (QED) is 0.624. The van der Waals surface area contributed by atoms with Crippen molar-refractivity contribution in [1.29, 1.82) is 0 Å². The van der Waals surface area contributed by atoms with Crippen molar-refractivity contribution in [1.82, 2.24) is 19.9 Å². The molecule has 3 aromatic rings. The lowest BCUT2D eigenvalue weighted by Crippen LogP contribution is -2.02. The van der Waals surface area contributed by atoms with Gasteiger partial charge in [-0.3, -0.25) is 0 Å². The maximum absolute atomic E-state index is 6.16. The predicted molar refractivity (Wildman–Crippen MR) is 86.0 cm³/mol. The number of rotatable bonds is 3. The molecule has 9 heteroatoms. The molecule has 0 unspecified atom stereocenters. The molecule has 0 aliphatic carbocycles. The lowest BCUT2D eigenvalue weighted by Gasteiger charge is -2.10. The third-order valence-corrected chi connectivity index (χ3v) is 3.81. The second-order valence-corrected chi connectivity index (χ2v) is 5.34. The van der Waals surface area contributed by atoms with Crippen LogP contribution in [-0.4, -0.2) is 27.0 Å². The first-order chi connectivity index (χ1) is 10.1. The summed E-state index contributed by atoms with van der Waals surface area (Å²) in [6.45, 7) is 0. The number of benzene rings is 1. The minimum absolute atomic E-state index is 0.387. The molecule has 2 heterocycles. The molecule has 0 spiro atoms. The summed E-state index contributed by atoms with van der Waals surface area (Å²) < 4.78 is 0. The number of aromatic nitrogens is 4. The average Bonchev–Trinajstić information content (AvgIpc) is 2.93. The molecule has 0 aliphatic heterocycles. The van der Waals surface area contributed by atoms with Crippen LogP contribution in [0.25, 0.3) is 11.2 Å². The van der Waals surface area contributed by atoms with E-state index in [0.29, 0.717) is 43.7 Å². The number of hydrogen-bond donors (Lipinski definition) is 3. The van der Waals surface area contributed by atoms with Gasteiger partial charge in [0.25, 0.3) is 0 Å². The molecule has 0 saturated carbocycles. The topological polar surface area (TPSA) is 78.5 Å². The molecule has 1 aromatic carbocycles. The SMILES string of the molecule is CNc1nc(Nc2cc(Cl)c(Cl)cc2Cl)c2[nH]cnc2n1. The van der Waals surface area contributed by atoms with Crippen molar-refractivity contribution in [3.8, 4) is 0 Å². The van der Waals surface area contributed by atoms with E-state index < -0.39 is 0 Å². The molecule has 6 nitrogen and oxygen atoms in total. The van der Waals surface area contributed by atoms with E-state index in [0.717, 1.165) is 0 Å². The molecule has 3 N–H and O–H groups in total. The van der Waals surface area contributed by atoms with Gasteiger partial charge < -0.3 is 15.6 Å². The fourth-order valence-corrected chi connectivity index (χ4v) is 2.38. The average molecular weight is 344 g/mol. The normalized spacial score (nSPS) is 10.9. The summed E-state index contributed by atoms with van der Waals surface area (Å²) in [6.07, 6.45) is 1.54. The van der Waals surface area contributed by atoms with Crippen LogP contribution in [0.4, 0.5) is 17.5 Å². The number of aromatic amines is 1. The van der Waals surface area contributed by atoms with Gasteiger partial charge in [-0.25, -0.2) is 4.98 Å². The lowest BCUT2D eigenvalue weighted by molar-refractivity contribution is 1.18. The Hall–Kier alpha value is -1.76. The Labute approximate surface area is 134 Å². The van der Waals surface area contributed by atoms with E-state index in [-0.39, 0.29) is 0 Å². The predicted octanol–water partition coefficient (Wildman–Crippen LogP) is 4.10. The highest BCUT2D eigenvalue weighted by molar-refractivity contribution is 6.44. The van der Waals surface area contributed by atoms with Crippen LogP contribution in [0.2, 0.25) is 15.1 Å². The van der Waals surface area contributed by atoms with Gasteiger partial charge in [0, 0.05) is 7.05 Å². The number of nitrogens with zero attached hydrogens (tertiary/aromatic N) is 3. The van der Waals surface area contributed by atoms with Gasteiger partial charge >= 0.3 is 0 Å². The van der Waals surface area contributed by atoms with Gasteiger partial charge in [-0.05, 0) is 12.1 Å². The van der Waals surface area contributed by atoms with Crippen LogP contribution >= 0.6 is 34.8 Å². The number of halogens is 3. The number of H-pyrrole nitrogens is 1. The van der Waals surface area contributed by atoms with Gasteiger partial charge in [-0.1, -0.05) is 34.8 Å². The number of nitrogens with one attached hydrogen (secondary N) is 3. The summed E-state index contributed by atoms with van der Waals surface area (Å²) in [5, 5.41) is 7.19. The van der Waals surface area contributed by atoms with Crippen LogP contribution in [0.15, 0.2) is 18.5 Å². The Morgan fingerprint density at radius 2 is 1.81 bits per heavy atom. The van der Waals surface area contributed by atoms with Gasteiger partial charge in [0.1, 0.15) is 5.52 Å². The van der Waals surface area contributed by atoms with E-state index in [9.17, 15) is 0 Å². The van der Waals surface area contributed by atoms with E-state index >= 15 is 0 Å². The Morgan fingerprint density at radius 3 is 2.57 bits per heavy atom. The van der Waals surface area contributed by atoms with Crippen molar-refractivity contribution in [3.63, 3.8) is 0 Å². The van der Waals surface area contributed by atoms with Crippen LogP contribution in [-0.2, 0) is 0 Å². The van der Waals surface area contributed by atoms with Gasteiger partial charge in [0.15, 0.2) is 11.5 Å². The van der Waals surface area contributed by atoms with E-state index in [1.54, 1.807) is 25.5 Å². The standard InChI is InChI=1S/C12H9Cl3N6/c1-16-12-20-10-9(17-4-18-10)11(21-12)19-8-3-6(14)5(13)2-7(8)15/h2-4H,1H3,(H3,16,17,18,19,20,21). The molecule has 0 fully saturated rings. The Bertz CT molecular complexity index is 816. The number of imidazole rings is 1. The van der Waals surface area contributed by atoms with E-state index in [4.69, 9.17) is 34.8 Å². The zero-order valence-corrected chi connectivity index (χ0v) is 13.0. The van der Waals surface area contributed by atoms with Crippen LogP contribution in [0.3, 0.4) is 0 Å². The van der Waals surface area contributed by atoms with E-state index in [1.807, 2.05) is 0 Å². The van der Waals surface area contributed by atoms with Crippen molar-refractivity contribution in [2.45, 2.75) is 0 Å². The minimum atomic E-state index is 0.387. The van der Waals surface area contributed by atoms with Crippen LogP contribution in [0, 0.1) is 0 Å². The highest BCUT2D eigenvalue weighted by Crippen LogP contribution is 2.34. The Morgan fingerprint density at radius 1 is 1.05 bits per heavy atom. The highest BCUT2D eigenvalue weighted by atomic mass is 35.5. The summed E-state index contributed by atoms with van der Waals surface area (Å²) in [6, 6.07) is 3.20. The molecule has 0 saturated heterocycles. The second kappa shape index (κ2) is 5.55. The zero-order valence-electron chi connectivity index (χ0n) is 10.7. The summed E-state index contributed by atoms with van der Waals surface area (Å²) >= 11 is 18.1. The largest absolute Gasteiger partial charge is 0.357 e. The van der Waals surface area contributed by atoms with Crippen molar-refractivity contribution >= 4 is 63.4 Å². The van der Waals surface area contributed by atoms with Crippen LogP contribution in [0.5, 0.6) is 0 Å². The fraction of sp³-hybridized carbons (Fsp3) is 0.0833. The number of anilines is 3. The molecule has 0 bridgehead atoms. The first-order valence-corrected chi connectivity index (χ1v) is 7.02. The smallest absolute Gasteiger partial charge is 0.226 e. The van der Waals surface area contributed by atoms with Gasteiger partial charge in [0.05, 0.1) is 27.1 Å². The first kappa shape index (κ1) is 14.2. The van der Waals surface area contributed by atoms with Crippen LogP contribution in [0.1, 0.15) is 0 Å². The van der Waals surface area contributed by atoms with E-state index in [1.165, 1.54) is 0 Å². The van der Waals surface area contributed by atoms with Gasteiger partial charge in [0.2, 0.25) is 5.95 Å². The summed E-state index contributed by atoms with van der Waals surface area (Å²) in [5.74, 6) is 0.968. The number of hydrogen-bond acceptors (Lipinski definition) is 5. The molecular weight excluding hydrogens is 335 g/mol. The third-order valence-electron chi connectivity index (χ3n) is 2.77. The Balaban J connectivity index is 2.09. The molecule has 3 rings (SSSR count). The summed E-state index contributed by atoms with van der Waals surface area (Å²) in [7, 11) is 1.73. The first-order valence-electron chi connectivity index (χ1n) is 5.89. The maximum atomic E-state index is 6.16. The molecule has 21 heavy (non-hydrogen) atoms. The van der Waals surface area contributed by atoms with Gasteiger partial charge in [-0.15, -0.1) is 0 Å². The zero-order chi connectivity index (χ0) is 15.0. The molecule has 0 radical (unpaired) electrons. The van der Waals surface area contributed by atoms with Crippen molar-refractivity contribution in [3.05, 3.63) is 33.5 Å². The van der Waals surface area contributed by atoms with Crippen molar-refractivity contribution in [2.24, 2.45) is 0 Å². The molecule has 108 valence electrons. The second-order valence-electron chi connectivity index (χ2n) is 4.12. The summed E-state index contributed by atoms with van der Waals surface area (Å²) in [4.78, 5) is 15.7. The maximum Gasteiger partial charge on any atom is 0.226 e. The van der Waals surface area contributed by atoms with E-state index in [2.05, 4.69) is 30.6 Å². The highest BCUT2D eigenvalue weighted by Gasteiger charge is 2.12. The minimum Gasteiger partial charge on any atom is -0.357 e. The van der Waals surface area contributed by atoms with Gasteiger partial charge in [-0.2, -0.15) is 9.97 Å². The Kier molecular flexibility index (Phi) is 3.75. The summed E-state index contributed by atoms with van der Waals surface area (Å²) in [5.41, 5.74) is 1.78. The molecular formula is C12H9Cl3N6. The molecule has 0 aliphatic rings. The van der Waals surface area contributed by atoms with Crippen molar-refractivity contribution < 1.29 is 0 Å². The molecule has 0 atom stereocenters. The van der Waals surface area contributed by atoms with Crippen molar-refractivity contribution in [2.75, 3.05) is 17.7 Å². The molecule has 0 amide bonds. The lowest BCUT2D eigenvalue weighted by atomic mass is 10.3. The fourth-order valence-electron chi connectivity index (χ4n) is 1.78.